The van der Waals surface area contributed by atoms with Gasteiger partial charge in [-0.3, -0.25) is 9.69 Å². The standard InChI is InChI=1S/C35H41N5O7/c1-3-14-39-15-13-34-30-24-7-10-28(31(30)47-32(34)27(41)11-12-35(34,43)29(39)20-24)46-33(42)23-5-8-25(9-6-23)36-21-26-22-40(38-37-26)16-17-45-19-18-44-4-2/h3,5-10,22,29,32,36,43H,1,4,11-21H2,2H3/t29?,32-,34-,35+/m0/s1. The largest absolute Gasteiger partial charge is 0.477 e. The van der Waals surface area contributed by atoms with Gasteiger partial charge in [0.25, 0.3) is 0 Å². The molecule has 0 radical (unpaired) electrons. The van der Waals surface area contributed by atoms with Gasteiger partial charge in [-0.25, -0.2) is 9.48 Å². The lowest BCUT2D eigenvalue weighted by molar-refractivity contribution is -0.187. The molecule has 1 saturated carbocycles. The van der Waals surface area contributed by atoms with Crippen molar-refractivity contribution in [2.24, 2.45) is 0 Å². The molecule has 47 heavy (non-hydrogen) atoms. The Labute approximate surface area is 273 Å². The summed E-state index contributed by atoms with van der Waals surface area (Å²) in [6.45, 7) is 10.6. The second kappa shape index (κ2) is 12.8. The molecule has 1 saturated heterocycles. The van der Waals surface area contributed by atoms with Crippen LogP contribution < -0.4 is 14.8 Å². The number of anilines is 1. The van der Waals surface area contributed by atoms with Gasteiger partial charge >= 0.3 is 5.97 Å². The van der Waals surface area contributed by atoms with Gasteiger partial charge in [0.15, 0.2) is 23.4 Å². The van der Waals surface area contributed by atoms with Crippen molar-refractivity contribution in [2.45, 2.75) is 68.9 Å². The quantitative estimate of drug-likeness (QED) is 0.116. The highest BCUT2D eigenvalue weighted by atomic mass is 16.6. The number of aliphatic hydroxyl groups is 1. The third kappa shape index (κ3) is 5.42. The number of aromatic nitrogens is 3. The average Bonchev–Trinajstić information content (AvgIpc) is 3.68. The minimum absolute atomic E-state index is 0.0140. The molecule has 7 rings (SSSR count). The number of likely N-dealkylation sites (tertiary alicyclic amines) is 1. The van der Waals surface area contributed by atoms with E-state index in [1.54, 1.807) is 35.0 Å². The van der Waals surface area contributed by atoms with Crippen LogP contribution in [-0.2, 0) is 39.2 Å². The van der Waals surface area contributed by atoms with E-state index in [4.69, 9.17) is 18.9 Å². The van der Waals surface area contributed by atoms with Crippen LogP contribution >= 0.6 is 0 Å². The average molecular weight is 644 g/mol. The number of ketones is 1. The molecular weight excluding hydrogens is 602 g/mol. The summed E-state index contributed by atoms with van der Waals surface area (Å²) in [6.07, 6.45) is 4.77. The Balaban J connectivity index is 1.01. The fourth-order valence-electron chi connectivity index (χ4n) is 7.99. The summed E-state index contributed by atoms with van der Waals surface area (Å²) in [5.74, 6) is 0.129. The number of Topliss-reactive ketones (excluding diaryl/α,β-unsaturated/α-hetero) is 1. The third-order valence-electron chi connectivity index (χ3n) is 10.1. The Kier molecular flexibility index (Phi) is 8.60. The van der Waals surface area contributed by atoms with Crippen molar-refractivity contribution in [3.05, 3.63) is 77.6 Å². The Bertz CT molecular complexity index is 1660. The first-order valence-corrected chi connectivity index (χ1v) is 16.4. The maximum absolute atomic E-state index is 13.3. The van der Waals surface area contributed by atoms with Gasteiger partial charge in [0.2, 0.25) is 0 Å². The van der Waals surface area contributed by atoms with E-state index in [-0.39, 0.29) is 24.0 Å². The van der Waals surface area contributed by atoms with E-state index in [1.165, 1.54) is 0 Å². The molecule has 2 aliphatic carbocycles. The van der Waals surface area contributed by atoms with Crippen LogP contribution in [-0.4, -0.2) is 94.0 Å². The van der Waals surface area contributed by atoms with Crippen molar-refractivity contribution in [1.29, 1.82) is 0 Å². The summed E-state index contributed by atoms with van der Waals surface area (Å²) in [5.41, 5.74) is 1.84. The first-order chi connectivity index (χ1) is 22.9. The molecule has 2 fully saturated rings. The van der Waals surface area contributed by atoms with E-state index < -0.39 is 23.1 Å². The zero-order valence-electron chi connectivity index (χ0n) is 26.7. The normalized spacial score (nSPS) is 25.6. The summed E-state index contributed by atoms with van der Waals surface area (Å²) in [4.78, 5) is 28.9. The Hall–Kier alpha value is -4.10. The summed E-state index contributed by atoms with van der Waals surface area (Å²) in [6, 6.07) is 10.6. The smallest absolute Gasteiger partial charge is 0.343 e. The number of esters is 1. The minimum Gasteiger partial charge on any atom is -0.477 e. The van der Waals surface area contributed by atoms with Crippen molar-refractivity contribution in [1.82, 2.24) is 19.9 Å². The topological polar surface area (TPSA) is 137 Å². The second-order valence-corrected chi connectivity index (χ2v) is 12.6. The predicted octanol–water partition coefficient (Wildman–Crippen LogP) is 3.07. The maximum Gasteiger partial charge on any atom is 0.343 e. The Morgan fingerprint density at radius 2 is 2.00 bits per heavy atom. The van der Waals surface area contributed by atoms with Crippen LogP contribution in [0.1, 0.15) is 53.4 Å². The number of nitrogens with zero attached hydrogens (tertiary/aromatic N) is 4. The van der Waals surface area contributed by atoms with Gasteiger partial charge in [-0.1, -0.05) is 17.4 Å². The molecule has 3 heterocycles. The van der Waals surface area contributed by atoms with E-state index in [2.05, 4.69) is 27.1 Å². The zero-order chi connectivity index (χ0) is 32.6. The van der Waals surface area contributed by atoms with E-state index in [9.17, 15) is 14.7 Å². The van der Waals surface area contributed by atoms with Gasteiger partial charge in [-0.2, -0.15) is 0 Å². The van der Waals surface area contributed by atoms with Crippen molar-refractivity contribution in [2.75, 3.05) is 44.8 Å². The van der Waals surface area contributed by atoms with Crippen LogP contribution in [0.2, 0.25) is 0 Å². The molecule has 2 aliphatic heterocycles. The van der Waals surface area contributed by atoms with Gasteiger partial charge in [0, 0.05) is 43.4 Å². The molecule has 3 aromatic rings. The van der Waals surface area contributed by atoms with Gasteiger partial charge < -0.3 is 29.4 Å². The lowest BCUT2D eigenvalue weighted by atomic mass is 9.49. The number of piperidine rings is 1. The molecular formula is C35H41N5O7. The second-order valence-electron chi connectivity index (χ2n) is 12.6. The van der Waals surface area contributed by atoms with Gasteiger partial charge in [0.1, 0.15) is 5.69 Å². The monoisotopic (exact) mass is 643 g/mol. The number of carbonyl (C=O) groups is 2. The van der Waals surface area contributed by atoms with E-state index in [0.717, 1.165) is 29.1 Å². The summed E-state index contributed by atoms with van der Waals surface area (Å²) in [5, 5.41) is 24.0. The summed E-state index contributed by atoms with van der Waals surface area (Å²) >= 11 is 0. The fourth-order valence-corrected chi connectivity index (χ4v) is 7.99. The van der Waals surface area contributed by atoms with E-state index in [0.29, 0.717) is 76.6 Å². The highest BCUT2D eigenvalue weighted by Crippen LogP contribution is 2.64. The Morgan fingerprint density at radius 3 is 2.81 bits per heavy atom. The van der Waals surface area contributed by atoms with Crippen molar-refractivity contribution < 1.29 is 33.6 Å². The maximum atomic E-state index is 13.3. The number of carbonyl (C=O) groups excluding carboxylic acids is 2. The van der Waals surface area contributed by atoms with Crippen molar-refractivity contribution >= 4 is 17.4 Å². The van der Waals surface area contributed by atoms with E-state index in [1.807, 2.05) is 25.3 Å². The molecule has 2 aromatic carbocycles. The zero-order valence-corrected chi connectivity index (χ0v) is 26.7. The first-order valence-electron chi connectivity index (χ1n) is 16.4. The van der Waals surface area contributed by atoms with Crippen LogP contribution in [0.4, 0.5) is 5.69 Å². The molecule has 12 nitrogen and oxygen atoms in total. The van der Waals surface area contributed by atoms with Crippen LogP contribution in [0.25, 0.3) is 0 Å². The number of nitrogens with one attached hydrogen (secondary N) is 1. The van der Waals surface area contributed by atoms with Gasteiger partial charge in [-0.05, 0) is 62.1 Å². The Morgan fingerprint density at radius 1 is 1.17 bits per heavy atom. The van der Waals surface area contributed by atoms with Gasteiger partial charge in [-0.15, -0.1) is 11.7 Å². The number of hydrogen-bond acceptors (Lipinski definition) is 11. The molecule has 1 unspecified atom stereocenters. The third-order valence-corrected chi connectivity index (χ3v) is 10.1. The predicted molar refractivity (Wildman–Crippen MR) is 172 cm³/mol. The molecule has 2 bridgehead atoms. The number of ether oxygens (including phenoxy) is 4. The lowest BCUT2D eigenvalue weighted by Crippen LogP contribution is -2.76. The first kappa shape index (κ1) is 31.5. The molecule has 4 aliphatic rings. The fraction of sp³-hybridized carbons (Fsp3) is 0.486. The highest BCUT2D eigenvalue weighted by molar-refractivity contribution is 5.93. The van der Waals surface area contributed by atoms with E-state index >= 15 is 0 Å². The van der Waals surface area contributed by atoms with Gasteiger partial charge in [0.05, 0.1) is 55.7 Å². The molecule has 2 N–H and O–H groups in total. The highest BCUT2D eigenvalue weighted by Gasteiger charge is 2.73. The molecule has 0 amide bonds. The lowest BCUT2D eigenvalue weighted by Gasteiger charge is -2.62. The number of hydrogen-bond donors (Lipinski definition) is 2. The SMILES string of the molecule is C=CCN1CC[C@]23c4c5ccc(OC(=O)c6ccc(NCc7cn(CCOCCOCC)nn7)cc6)c4O[C@H]2C(=O)CC[C@@]3(O)C1C5. The van der Waals surface area contributed by atoms with Crippen LogP contribution in [0.3, 0.4) is 0 Å². The molecule has 4 atom stereocenters. The van der Waals surface area contributed by atoms with Crippen molar-refractivity contribution in [3.63, 3.8) is 0 Å². The minimum atomic E-state index is -1.12. The molecule has 1 spiro atoms. The van der Waals surface area contributed by atoms with Crippen LogP contribution in [0.5, 0.6) is 11.5 Å². The van der Waals surface area contributed by atoms with Crippen LogP contribution in [0, 0.1) is 0 Å². The van der Waals surface area contributed by atoms with Crippen LogP contribution in [0.15, 0.2) is 55.3 Å². The summed E-state index contributed by atoms with van der Waals surface area (Å²) in [7, 11) is 0. The molecule has 1 aromatic heterocycles. The summed E-state index contributed by atoms with van der Waals surface area (Å²) < 4.78 is 24.8. The number of benzene rings is 2. The number of rotatable bonds is 14. The van der Waals surface area contributed by atoms with Crippen molar-refractivity contribution in [3.8, 4) is 11.5 Å². The molecule has 12 heteroatoms. The molecule has 248 valence electrons.